The summed E-state index contributed by atoms with van der Waals surface area (Å²) in [5.74, 6) is 0.745. The number of rotatable bonds is 5. The van der Waals surface area contributed by atoms with Gasteiger partial charge in [0.25, 0.3) is 0 Å². The molecule has 0 fully saturated rings. The quantitative estimate of drug-likeness (QED) is 0.729. The smallest absolute Gasteiger partial charge is 0.181 e. The van der Waals surface area contributed by atoms with E-state index in [0.717, 1.165) is 36.5 Å². The minimum atomic E-state index is 0.745. The highest BCUT2D eigenvalue weighted by Crippen LogP contribution is 2.16. The van der Waals surface area contributed by atoms with Crippen LogP contribution in [0.5, 0.6) is 0 Å². The van der Waals surface area contributed by atoms with Crippen LogP contribution >= 0.6 is 0 Å². The summed E-state index contributed by atoms with van der Waals surface area (Å²) in [7, 11) is 0. The maximum absolute atomic E-state index is 5.68. The first-order valence-electron chi connectivity index (χ1n) is 7.10. The predicted octanol–water partition coefficient (Wildman–Crippen LogP) is 3.16. The number of hydrogen-bond acceptors (Lipinski definition) is 3. The van der Waals surface area contributed by atoms with Crippen molar-refractivity contribution in [3.63, 3.8) is 0 Å². The van der Waals surface area contributed by atoms with Crippen molar-refractivity contribution in [1.29, 1.82) is 0 Å². The lowest BCUT2D eigenvalue weighted by atomic mass is 10.1. The molecule has 0 saturated carbocycles. The molecule has 1 aromatic heterocycles. The molecule has 2 aromatic carbocycles. The minimum Gasteiger partial charge on any atom is -0.399 e. The molecule has 0 radical (unpaired) electrons. The second-order valence-corrected chi connectivity index (χ2v) is 5.04. The van der Waals surface area contributed by atoms with Gasteiger partial charge in [-0.15, -0.1) is 0 Å². The molecule has 106 valence electrons. The zero-order valence-electron chi connectivity index (χ0n) is 11.8. The molecular formula is C17H18N4. The van der Waals surface area contributed by atoms with Crippen LogP contribution in [-0.2, 0) is 13.0 Å². The first-order valence-corrected chi connectivity index (χ1v) is 7.10. The lowest BCUT2D eigenvalue weighted by Gasteiger charge is -2.01. The van der Waals surface area contributed by atoms with Crippen molar-refractivity contribution in [3.8, 4) is 11.4 Å². The van der Waals surface area contributed by atoms with Crippen LogP contribution in [-0.4, -0.2) is 14.8 Å². The standard InChI is InChI=1S/C17H18N4/c18-16-10-8-15(9-11-16)17-19-13-21(20-17)12-4-7-14-5-2-1-3-6-14/h1-3,5-6,8-11,13H,4,7,12,18H2. The molecule has 0 spiro atoms. The van der Waals surface area contributed by atoms with Crippen molar-refractivity contribution in [2.75, 3.05) is 5.73 Å². The Morgan fingerprint density at radius 3 is 2.48 bits per heavy atom. The number of anilines is 1. The third-order valence-corrected chi connectivity index (χ3v) is 3.40. The van der Waals surface area contributed by atoms with Crippen molar-refractivity contribution in [3.05, 3.63) is 66.5 Å². The molecule has 4 heteroatoms. The van der Waals surface area contributed by atoms with Gasteiger partial charge in [0.15, 0.2) is 5.82 Å². The van der Waals surface area contributed by atoms with Gasteiger partial charge in [-0.25, -0.2) is 4.98 Å². The van der Waals surface area contributed by atoms with Crippen LogP contribution in [0.2, 0.25) is 0 Å². The van der Waals surface area contributed by atoms with Crippen LogP contribution < -0.4 is 5.73 Å². The van der Waals surface area contributed by atoms with Crippen molar-refractivity contribution in [2.24, 2.45) is 0 Å². The fourth-order valence-corrected chi connectivity index (χ4v) is 2.26. The molecule has 2 N–H and O–H groups in total. The number of benzene rings is 2. The molecule has 0 amide bonds. The summed E-state index contributed by atoms with van der Waals surface area (Å²) in [6.07, 6.45) is 3.89. The number of hydrogen-bond donors (Lipinski definition) is 1. The lowest BCUT2D eigenvalue weighted by Crippen LogP contribution is -2.00. The fraction of sp³-hybridized carbons (Fsp3) is 0.176. The normalized spacial score (nSPS) is 10.7. The molecule has 0 saturated heterocycles. The van der Waals surface area contributed by atoms with E-state index in [9.17, 15) is 0 Å². The Morgan fingerprint density at radius 2 is 1.71 bits per heavy atom. The first kappa shape index (κ1) is 13.4. The van der Waals surface area contributed by atoms with Gasteiger partial charge >= 0.3 is 0 Å². The Balaban J connectivity index is 1.59. The van der Waals surface area contributed by atoms with E-state index in [2.05, 4.69) is 34.3 Å². The Morgan fingerprint density at radius 1 is 0.952 bits per heavy atom. The second-order valence-electron chi connectivity index (χ2n) is 5.04. The maximum atomic E-state index is 5.68. The van der Waals surface area contributed by atoms with E-state index in [4.69, 9.17) is 5.73 Å². The van der Waals surface area contributed by atoms with Gasteiger partial charge in [0.1, 0.15) is 6.33 Å². The van der Waals surface area contributed by atoms with Gasteiger partial charge in [-0.05, 0) is 42.7 Å². The van der Waals surface area contributed by atoms with Crippen molar-refractivity contribution < 1.29 is 0 Å². The largest absolute Gasteiger partial charge is 0.399 e. The van der Waals surface area contributed by atoms with E-state index in [0.29, 0.717) is 0 Å². The topological polar surface area (TPSA) is 56.7 Å². The molecule has 21 heavy (non-hydrogen) atoms. The van der Waals surface area contributed by atoms with Crippen molar-refractivity contribution >= 4 is 5.69 Å². The zero-order chi connectivity index (χ0) is 14.5. The molecule has 0 aliphatic rings. The Labute approximate surface area is 124 Å². The summed E-state index contributed by atoms with van der Waals surface area (Å²) < 4.78 is 1.90. The van der Waals surface area contributed by atoms with Gasteiger partial charge in [0, 0.05) is 17.8 Å². The number of aryl methyl sites for hydroxylation is 2. The lowest BCUT2D eigenvalue weighted by molar-refractivity contribution is 0.578. The summed E-state index contributed by atoms with van der Waals surface area (Å²) in [4.78, 5) is 4.35. The summed E-state index contributed by atoms with van der Waals surface area (Å²) in [6.45, 7) is 0.872. The molecule has 0 aliphatic carbocycles. The van der Waals surface area contributed by atoms with Crippen LogP contribution in [0.1, 0.15) is 12.0 Å². The highest BCUT2D eigenvalue weighted by atomic mass is 15.3. The number of nitrogen functional groups attached to an aromatic ring is 1. The Kier molecular flexibility index (Phi) is 3.96. The van der Waals surface area contributed by atoms with E-state index < -0.39 is 0 Å². The van der Waals surface area contributed by atoms with Crippen LogP contribution in [0, 0.1) is 0 Å². The van der Waals surface area contributed by atoms with Gasteiger partial charge in [-0.3, -0.25) is 4.68 Å². The summed E-state index contributed by atoms with van der Waals surface area (Å²) >= 11 is 0. The molecular weight excluding hydrogens is 260 g/mol. The van der Waals surface area contributed by atoms with Gasteiger partial charge in [0.05, 0.1) is 0 Å². The van der Waals surface area contributed by atoms with E-state index in [1.807, 2.05) is 35.0 Å². The van der Waals surface area contributed by atoms with Crippen LogP contribution in [0.25, 0.3) is 11.4 Å². The highest BCUT2D eigenvalue weighted by Gasteiger charge is 2.04. The fourth-order valence-electron chi connectivity index (χ4n) is 2.26. The van der Waals surface area contributed by atoms with Gasteiger partial charge in [0.2, 0.25) is 0 Å². The highest BCUT2D eigenvalue weighted by molar-refractivity contribution is 5.57. The SMILES string of the molecule is Nc1ccc(-c2ncn(CCCc3ccccc3)n2)cc1. The third-order valence-electron chi connectivity index (χ3n) is 3.40. The molecule has 3 rings (SSSR count). The summed E-state index contributed by atoms with van der Waals surface area (Å²) in [5.41, 5.74) is 8.79. The summed E-state index contributed by atoms with van der Waals surface area (Å²) in [5, 5.41) is 4.51. The molecule has 1 heterocycles. The Bertz CT molecular complexity index is 686. The zero-order valence-corrected chi connectivity index (χ0v) is 11.8. The molecule has 4 nitrogen and oxygen atoms in total. The molecule has 0 bridgehead atoms. The van der Waals surface area contributed by atoms with E-state index in [1.54, 1.807) is 6.33 Å². The van der Waals surface area contributed by atoms with Crippen molar-refractivity contribution in [2.45, 2.75) is 19.4 Å². The molecule has 0 unspecified atom stereocenters. The van der Waals surface area contributed by atoms with E-state index in [1.165, 1.54) is 5.56 Å². The molecule has 3 aromatic rings. The second kappa shape index (κ2) is 6.22. The average Bonchev–Trinajstić information content (AvgIpc) is 2.98. The average molecular weight is 278 g/mol. The van der Waals surface area contributed by atoms with Crippen LogP contribution in [0.4, 0.5) is 5.69 Å². The van der Waals surface area contributed by atoms with Gasteiger partial charge < -0.3 is 5.73 Å². The van der Waals surface area contributed by atoms with Gasteiger partial charge in [-0.2, -0.15) is 5.10 Å². The van der Waals surface area contributed by atoms with E-state index >= 15 is 0 Å². The third kappa shape index (κ3) is 3.48. The number of aromatic nitrogens is 3. The monoisotopic (exact) mass is 278 g/mol. The van der Waals surface area contributed by atoms with Crippen LogP contribution in [0.3, 0.4) is 0 Å². The first-order chi connectivity index (χ1) is 10.3. The molecule has 0 aliphatic heterocycles. The number of nitrogens with two attached hydrogens (primary N) is 1. The van der Waals surface area contributed by atoms with Crippen molar-refractivity contribution in [1.82, 2.24) is 14.8 Å². The predicted molar refractivity (Wildman–Crippen MR) is 84.6 cm³/mol. The minimum absolute atomic E-state index is 0.745. The Hall–Kier alpha value is -2.62. The van der Waals surface area contributed by atoms with E-state index in [-0.39, 0.29) is 0 Å². The number of nitrogens with zero attached hydrogens (tertiary/aromatic N) is 3. The molecule has 0 atom stereocenters. The maximum Gasteiger partial charge on any atom is 0.181 e. The van der Waals surface area contributed by atoms with Crippen LogP contribution in [0.15, 0.2) is 60.9 Å². The van der Waals surface area contributed by atoms with Gasteiger partial charge in [-0.1, -0.05) is 30.3 Å². The summed E-state index contributed by atoms with van der Waals surface area (Å²) in [6, 6.07) is 18.1.